The fraction of sp³-hybridized carbons (Fsp3) is 0.474. The van der Waals surface area contributed by atoms with Gasteiger partial charge in [-0.3, -0.25) is 9.59 Å². The molecule has 128 valence electrons. The van der Waals surface area contributed by atoms with E-state index in [1.807, 2.05) is 23.6 Å². The molecule has 0 saturated heterocycles. The predicted octanol–water partition coefficient (Wildman–Crippen LogP) is 2.91. The van der Waals surface area contributed by atoms with Gasteiger partial charge >= 0.3 is 0 Å². The summed E-state index contributed by atoms with van der Waals surface area (Å²) >= 11 is 0. The lowest BCUT2D eigenvalue weighted by Crippen LogP contribution is -2.42. The largest absolute Gasteiger partial charge is 0.398 e. The van der Waals surface area contributed by atoms with E-state index in [1.165, 1.54) is 6.42 Å². The highest BCUT2D eigenvalue weighted by Gasteiger charge is 2.25. The normalized spacial score (nSPS) is 20.9. The lowest BCUT2D eigenvalue weighted by Gasteiger charge is -2.29. The van der Waals surface area contributed by atoms with Crippen LogP contribution in [-0.4, -0.2) is 16.5 Å². The molecule has 1 heterocycles. The van der Waals surface area contributed by atoms with Gasteiger partial charge in [0.15, 0.2) is 0 Å². The third-order valence-electron chi connectivity index (χ3n) is 5.15. The van der Waals surface area contributed by atoms with Crippen molar-refractivity contribution in [3.63, 3.8) is 0 Å². The monoisotopic (exact) mass is 327 g/mol. The van der Waals surface area contributed by atoms with Gasteiger partial charge in [-0.1, -0.05) is 25.8 Å². The Kier molecular flexibility index (Phi) is 4.60. The van der Waals surface area contributed by atoms with Crippen LogP contribution in [0, 0.1) is 5.92 Å². The van der Waals surface area contributed by atoms with Gasteiger partial charge in [-0.2, -0.15) is 0 Å². The van der Waals surface area contributed by atoms with Crippen LogP contribution in [0.15, 0.2) is 29.2 Å². The molecule has 3 rings (SSSR count). The third kappa shape index (κ3) is 2.90. The molecule has 1 amide bonds. The number of nitrogens with zero attached hydrogens (tertiary/aromatic N) is 1. The van der Waals surface area contributed by atoms with Crippen LogP contribution in [0.5, 0.6) is 0 Å². The average Bonchev–Trinajstić information content (AvgIpc) is 2.57. The standard InChI is InChI=1S/C19H25N3O2/c1-3-22-11-13(18(23)17-14(20)8-6-10-16(17)22)19(24)21-15-9-5-4-7-12(15)2/h6,8,10-12,15H,3-5,7,9,20H2,1-2H3,(H,21,24). The van der Waals surface area contributed by atoms with E-state index in [0.29, 0.717) is 23.5 Å². The van der Waals surface area contributed by atoms with Crippen LogP contribution in [-0.2, 0) is 6.54 Å². The number of hydrogen-bond acceptors (Lipinski definition) is 3. The molecule has 3 N–H and O–H groups in total. The molecule has 1 aromatic heterocycles. The van der Waals surface area contributed by atoms with Crippen LogP contribution < -0.4 is 16.5 Å². The molecule has 2 aromatic rings. The number of carbonyl (C=O) groups excluding carboxylic acids is 1. The number of aromatic nitrogens is 1. The highest BCUT2D eigenvalue weighted by atomic mass is 16.2. The van der Waals surface area contributed by atoms with Crippen molar-refractivity contribution >= 4 is 22.5 Å². The van der Waals surface area contributed by atoms with E-state index in [4.69, 9.17) is 5.73 Å². The van der Waals surface area contributed by atoms with Gasteiger partial charge in [-0.15, -0.1) is 0 Å². The number of anilines is 1. The van der Waals surface area contributed by atoms with E-state index >= 15 is 0 Å². The average molecular weight is 327 g/mol. The van der Waals surface area contributed by atoms with Gasteiger partial charge in [0.05, 0.1) is 10.9 Å². The molecule has 5 nitrogen and oxygen atoms in total. The molecule has 0 radical (unpaired) electrons. The van der Waals surface area contributed by atoms with Crippen LogP contribution in [0.1, 0.15) is 49.9 Å². The Labute approximate surface area is 141 Å². The van der Waals surface area contributed by atoms with Gasteiger partial charge in [0.2, 0.25) is 5.43 Å². The van der Waals surface area contributed by atoms with Gasteiger partial charge in [-0.05, 0) is 37.8 Å². The fourth-order valence-corrected chi connectivity index (χ4v) is 3.66. The molecular formula is C19H25N3O2. The van der Waals surface area contributed by atoms with Gasteiger partial charge in [-0.25, -0.2) is 0 Å². The Morgan fingerprint density at radius 1 is 1.33 bits per heavy atom. The van der Waals surface area contributed by atoms with Crippen molar-refractivity contribution < 1.29 is 4.79 Å². The molecule has 1 saturated carbocycles. The van der Waals surface area contributed by atoms with Crippen molar-refractivity contribution in [2.45, 2.75) is 52.1 Å². The quantitative estimate of drug-likeness (QED) is 0.851. The highest BCUT2D eigenvalue weighted by molar-refractivity contribution is 6.00. The Balaban J connectivity index is 2.02. The Hall–Kier alpha value is -2.30. The maximum Gasteiger partial charge on any atom is 0.257 e. The van der Waals surface area contributed by atoms with Crippen LogP contribution in [0.4, 0.5) is 5.69 Å². The lowest BCUT2D eigenvalue weighted by molar-refractivity contribution is 0.0908. The van der Waals surface area contributed by atoms with Crippen molar-refractivity contribution in [1.82, 2.24) is 9.88 Å². The fourth-order valence-electron chi connectivity index (χ4n) is 3.66. The number of benzene rings is 1. The van der Waals surface area contributed by atoms with Gasteiger partial charge in [0.1, 0.15) is 5.56 Å². The first kappa shape index (κ1) is 16.6. The minimum atomic E-state index is -0.286. The van der Waals surface area contributed by atoms with E-state index in [-0.39, 0.29) is 22.9 Å². The molecular weight excluding hydrogens is 302 g/mol. The van der Waals surface area contributed by atoms with E-state index in [1.54, 1.807) is 12.3 Å². The first-order chi connectivity index (χ1) is 11.5. The zero-order chi connectivity index (χ0) is 17.3. The minimum Gasteiger partial charge on any atom is -0.398 e. The number of nitrogens with one attached hydrogen (secondary N) is 1. The number of carbonyl (C=O) groups is 1. The summed E-state index contributed by atoms with van der Waals surface area (Å²) in [5.41, 5.74) is 7.09. The van der Waals surface area contributed by atoms with E-state index in [2.05, 4.69) is 12.2 Å². The molecule has 5 heteroatoms. The van der Waals surface area contributed by atoms with Crippen molar-refractivity contribution in [2.75, 3.05) is 5.73 Å². The SMILES string of the molecule is CCn1cc(C(=O)NC2CCCCC2C)c(=O)c2c(N)cccc21. The number of hydrogen-bond donors (Lipinski definition) is 2. The van der Waals surface area contributed by atoms with Crippen molar-refractivity contribution in [3.8, 4) is 0 Å². The Morgan fingerprint density at radius 2 is 2.08 bits per heavy atom. The summed E-state index contributed by atoms with van der Waals surface area (Å²) in [6.07, 6.45) is 6.09. The maximum atomic E-state index is 12.8. The zero-order valence-electron chi connectivity index (χ0n) is 14.3. The smallest absolute Gasteiger partial charge is 0.257 e. The second-order valence-corrected chi connectivity index (χ2v) is 6.74. The maximum absolute atomic E-state index is 12.8. The van der Waals surface area contributed by atoms with Crippen molar-refractivity contribution in [2.24, 2.45) is 5.92 Å². The molecule has 1 aliphatic carbocycles. The number of fused-ring (bicyclic) bond motifs is 1. The second-order valence-electron chi connectivity index (χ2n) is 6.74. The second kappa shape index (κ2) is 6.67. The summed E-state index contributed by atoms with van der Waals surface area (Å²) in [7, 11) is 0. The summed E-state index contributed by atoms with van der Waals surface area (Å²) in [4.78, 5) is 25.6. The summed E-state index contributed by atoms with van der Waals surface area (Å²) in [6.45, 7) is 4.81. The molecule has 0 bridgehead atoms. The highest BCUT2D eigenvalue weighted by Crippen LogP contribution is 2.24. The zero-order valence-corrected chi connectivity index (χ0v) is 14.3. The lowest BCUT2D eigenvalue weighted by atomic mass is 9.86. The number of aryl methyl sites for hydroxylation is 1. The number of pyridine rings is 1. The van der Waals surface area contributed by atoms with Crippen LogP contribution in [0.2, 0.25) is 0 Å². The Bertz CT molecular complexity index is 825. The van der Waals surface area contributed by atoms with Crippen LogP contribution in [0.25, 0.3) is 10.9 Å². The molecule has 1 aromatic carbocycles. The molecule has 0 aliphatic heterocycles. The molecule has 24 heavy (non-hydrogen) atoms. The summed E-state index contributed by atoms with van der Waals surface area (Å²) in [6, 6.07) is 5.53. The van der Waals surface area contributed by atoms with Gasteiger partial charge < -0.3 is 15.6 Å². The molecule has 2 atom stereocenters. The van der Waals surface area contributed by atoms with Gasteiger partial charge in [0.25, 0.3) is 5.91 Å². The molecule has 0 spiro atoms. The Morgan fingerprint density at radius 3 is 2.79 bits per heavy atom. The van der Waals surface area contributed by atoms with E-state index < -0.39 is 0 Å². The van der Waals surface area contributed by atoms with Crippen LogP contribution >= 0.6 is 0 Å². The number of nitrogens with two attached hydrogens (primary N) is 1. The first-order valence-electron chi connectivity index (χ1n) is 8.75. The minimum absolute atomic E-state index is 0.143. The summed E-state index contributed by atoms with van der Waals surface area (Å²) < 4.78 is 1.91. The van der Waals surface area contributed by atoms with E-state index in [9.17, 15) is 9.59 Å². The predicted molar refractivity (Wildman–Crippen MR) is 97.2 cm³/mol. The molecule has 2 unspecified atom stereocenters. The summed E-state index contributed by atoms with van der Waals surface area (Å²) in [5, 5.41) is 3.50. The number of amides is 1. The topological polar surface area (TPSA) is 77.1 Å². The summed E-state index contributed by atoms with van der Waals surface area (Å²) in [5.74, 6) is 0.160. The number of nitrogen functional groups attached to an aromatic ring is 1. The third-order valence-corrected chi connectivity index (χ3v) is 5.15. The van der Waals surface area contributed by atoms with E-state index in [0.717, 1.165) is 24.8 Å². The van der Waals surface area contributed by atoms with Crippen molar-refractivity contribution in [3.05, 3.63) is 40.2 Å². The molecule has 1 aliphatic rings. The number of rotatable bonds is 3. The molecule has 1 fully saturated rings. The first-order valence-corrected chi connectivity index (χ1v) is 8.75. The van der Waals surface area contributed by atoms with Gasteiger partial charge in [0, 0.05) is 24.5 Å². The van der Waals surface area contributed by atoms with Crippen molar-refractivity contribution in [1.29, 1.82) is 0 Å². The van der Waals surface area contributed by atoms with Crippen LogP contribution in [0.3, 0.4) is 0 Å².